The third-order valence-corrected chi connectivity index (χ3v) is 4.18. The van der Waals surface area contributed by atoms with E-state index in [4.69, 9.17) is 5.11 Å². The molecule has 0 saturated carbocycles. The lowest BCUT2D eigenvalue weighted by atomic mass is 10.2. The minimum absolute atomic E-state index is 0.225. The Morgan fingerprint density at radius 3 is 2.40 bits per heavy atom. The first kappa shape index (κ1) is 12.2. The van der Waals surface area contributed by atoms with E-state index >= 15 is 0 Å². The standard InChI is InChI=1S/C11H16O3S/c1-8-4-5-11(9(2)6-8)15(13,14)7-10(3)12/h4-6,10,12H,7H2,1-3H3/t10-/m0/s1. The molecule has 0 saturated heterocycles. The summed E-state index contributed by atoms with van der Waals surface area (Å²) in [4.78, 5) is 0.314. The smallest absolute Gasteiger partial charge is 0.181 e. The highest BCUT2D eigenvalue weighted by Gasteiger charge is 2.19. The predicted octanol–water partition coefficient (Wildman–Crippen LogP) is 1.46. The second kappa shape index (κ2) is 4.33. The number of aliphatic hydroxyl groups excluding tert-OH is 1. The number of hydrogen-bond donors (Lipinski definition) is 1. The van der Waals surface area contributed by atoms with Crippen molar-refractivity contribution in [3.05, 3.63) is 29.3 Å². The Kier molecular flexibility index (Phi) is 3.52. The first-order valence-corrected chi connectivity index (χ1v) is 6.46. The molecule has 0 heterocycles. The van der Waals surface area contributed by atoms with Crippen LogP contribution in [0.25, 0.3) is 0 Å². The molecule has 1 rings (SSSR count). The van der Waals surface area contributed by atoms with Gasteiger partial charge in [-0.15, -0.1) is 0 Å². The average molecular weight is 228 g/mol. The molecule has 3 nitrogen and oxygen atoms in total. The molecule has 84 valence electrons. The van der Waals surface area contributed by atoms with Gasteiger partial charge in [-0.3, -0.25) is 0 Å². The van der Waals surface area contributed by atoms with Crippen molar-refractivity contribution in [3.63, 3.8) is 0 Å². The van der Waals surface area contributed by atoms with Crippen molar-refractivity contribution in [2.45, 2.75) is 31.8 Å². The van der Waals surface area contributed by atoms with Crippen molar-refractivity contribution in [2.24, 2.45) is 0 Å². The van der Waals surface area contributed by atoms with Gasteiger partial charge >= 0.3 is 0 Å². The van der Waals surface area contributed by atoms with Gasteiger partial charge in [-0.1, -0.05) is 17.7 Å². The van der Waals surface area contributed by atoms with Gasteiger partial charge in [0.2, 0.25) is 0 Å². The van der Waals surface area contributed by atoms with Crippen LogP contribution in [0.5, 0.6) is 0 Å². The monoisotopic (exact) mass is 228 g/mol. The SMILES string of the molecule is Cc1ccc(S(=O)(=O)C[C@H](C)O)c(C)c1. The predicted molar refractivity (Wildman–Crippen MR) is 59.6 cm³/mol. The molecule has 1 aromatic rings. The molecule has 0 amide bonds. The Morgan fingerprint density at radius 2 is 1.93 bits per heavy atom. The number of sulfone groups is 1. The van der Waals surface area contributed by atoms with E-state index in [9.17, 15) is 8.42 Å². The van der Waals surface area contributed by atoms with Gasteiger partial charge in [0.1, 0.15) is 0 Å². The zero-order valence-corrected chi connectivity index (χ0v) is 10.0. The van der Waals surface area contributed by atoms with E-state index in [1.165, 1.54) is 6.92 Å². The van der Waals surface area contributed by atoms with E-state index in [1.54, 1.807) is 19.1 Å². The maximum atomic E-state index is 11.8. The van der Waals surface area contributed by atoms with Gasteiger partial charge in [-0.05, 0) is 32.4 Å². The van der Waals surface area contributed by atoms with Crippen LogP contribution < -0.4 is 0 Å². The van der Waals surface area contributed by atoms with Crippen molar-refractivity contribution in [3.8, 4) is 0 Å². The van der Waals surface area contributed by atoms with Crippen molar-refractivity contribution >= 4 is 9.84 Å². The van der Waals surface area contributed by atoms with Crippen LogP contribution in [0, 0.1) is 13.8 Å². The largest absolute Gasteiger partial charge is 0.392 e. The molecular formula is C11H16O3S. The molecule has 0 aliphatic carbocycles. The number of hydrogen-bond acceptors (Lipinski definition) is 3. The zero-order chi connectivity index (χ0) is 11.6. The average Bonchev–Trinajstić information content (AvgIpc) is 1.99. The van der Waals surface area contributed by atoms with Crippen molar-refractivity contribution < 1.29 is 13.5 Å². The van der Waals surface area contributed by atoms with Gasteiger partial charge in [0.15, 0.2) is 9.84 Å². The van der Waals surface area contributed by atoms with E-state index < -0.39 is 15.9 Å². The third-order valence-electron chi connectivity index (χ3n) is 2.13. The Labute approximate surface area is 90.7 Å². The van der Waals surface area contributed by atoms with Crippen LogP contribution in [-0.4, -0.2) is 25.4 Å². The molecule has 0 aliphatic rings. The molecule has 0 aliphatic heterocycles. The normalized spacial score (nSPS) is 13.9. The highest BCUT2D eigenvalue weighted by molar-refractivity contribution is 7.91. The van der Waals surface area contributed by atoms with E-state index in [-0.39, 0.29) is 5.75 Å². The molecule has 4 heteroatoms. The van der Waals surface area contributed by atoms with Crippen molar-refractivity contribution in [1.82, 2.24) is 0 Å². The highest BCUT2D eigenvalue weighted by atomic mass is 32.2. The van der Waals surface area contributed by atoms with Crippen LogP contribution in [0.1, 0.15) is 18.1 Å². The summed E-state index contributed by atoms with van der Waals surface area (Å²) < 4.78 is 23.6. The topological polar surface area (TPSA) is 54.4 Å². The van der Waals surface area contributed by atoms with E-state index in [2.05, 4.69) is 0 Å². The molecule has 1 aromatic carbocycles. The van der Waals surface area contributed by atoms with Crippen LogP contribution in [0.2, 0.25) is 0 Å². The summed E-state index contributed by atoms with van der Waals surface area (Å²) >= 11 is 0. The van der Waals surface area contributed by atoms with Crippen LogP contribution in [-0.2, 0) is 9.84 Å². The second-order valence-corrected chi connectivity index (χ2v) is 5.90. The van der Waals surface area contributed by atoms with Crippen LogP contribution in [0.15, 0.2) is 23.1 Å². The quantitative estimate of drug-likeness (QED) is 0.852. The summed E-state index contributed by atoms with van der Waals surface area (Å²) in [6.07, 6.45) is -0.837. The zero-order valence-electron chi connectivity index (χ0n) is 9.19. The van der Waals surface area contributed by atoms with Gasteiger partial charge in [-0.2, -0.15) is 0 Å². The molecule has 0 radical (unpaired) electrons. The minimum atomic E-state index is -3.36. The molecule has 0 unspecified atom stereocenters. The first-order chi connectivity index (χ1) is 6.83. The fraction of sp³-hybridized carbons (Fsp3) is 0.455. The Hall–Kier alpha value is -0.870. The van der Waals surface area contributed by atoms with E-state index in [1.807, 2.05) is 13.0 Å². The lowest BCUT2D eigenvalue weighted by Crippen LogP contribution is -2.18. The van der Waals surface area contributed by atoms with Gasteiger partial charge in [0.25, 0.3) is 0 Å². The molecule has 0 fully saturated rings. The Bertz CT molecular complexity index is 447. The van der Waals surface area contributed by atoms with Gasteiger partial charge < -0.3 is 5.11 Å². The van der Waals surface area contributed by atoms with Gasteiger partial charge in [-0.25, -0.2) is 8.42 Å². The van der Waals surface area contributed by atoms with E-state index in [0.717, 1.165) is 11.1 Å². The molecule has 0 bridgehead atoms. The summed E-state index contributed by atoms with van der Waals surface area (Å²) in [5.74, 6) is -0.225. The maximum absolute atomic E-state index is 11.8. The maximum Gasteiger partial charge on any atom is 0.181 e. The minimum Gasteiger partial charge on any atom is -0.392 e. The van der Waals surface area contributed by atoms with E-state index in [0.29, 0.717) is 4.90 Å². The van der Waals surface area contributed by atoms with Crippen LogP contribution in [0.3, 0.4) is 0 Å². The lowest BCUT2D eigenvalue weighted by Gasteiger charge is -2.09. The molecule has 1 atom stereocenters. The Morgan fingerprint density at radius 1 is 1.33 bits per heavy atom. The summed E-state index contributed by atoms with van der Waals surface area (Å²) in [5.41, 5.74) is 1.76. The fourth-order valence-corrected chi connectivity index (χ4v) is 3.20. The summed E-state index contributed by atoms with van der Waals surface area (Å²) in [6, 6.07) is 5.19. The summed E-state index contributed by atoms with van der Waals surface area (Å²) in [5, 5.41) is 9.12. The molecule has 15 heavy (non-hydrogen) atoms. The van der Waals surface area contributed by atoms with Gasteiger partial charge in [0.05, 0.1) is 16.8 Å². The number of aliphatic hydroxyl groups is 1. The molecule has 1 N–H and O–H groups in total. The summed E-state index contributed by atoms with van der Waals surface area (Å²) in [7, 11) is -3.36. The fourth-order valence-electron chi connectivity index (χ4n) is 1.56. The number of aryl methyl sites for hydroxylation is 2. The lowest BCUT2D eigenvalue weighted by molar-refractivity contribution is 0.218. The van der Waals surface area contributed by atoms with Crippen LogP contribution >= 0.6 is 0 Å². The molecular weight excluding hydrogens is 212 g/mol. The number of rotatable bonds is 3. The Balaban J connectivity index is 3.16. The van der Waals surface area contributed by atoms with Crippen LogP contribution in [0.4, 0.5) is 0 Å². The van der Waals surface area contributed by atoms with Crippen molar-refractivity contribution in [1.29, 1.82) is 0 Å². The second-order valence-electron chi connectivity index (χ2n) is 3.90. The van der Waals surface area contributed by atoms with Crippen molar-refractivity contribution in [2.75, 3.05) is 5.75 Å². The third kappa shape index (κ3) is 3.04. The molecule has 0 spiro atoms. The summed E-state index contributed by atoms with van der Waals surface area (Å²) in [6.45, 7) is 5.15. The number of benzene rings is 1. The van der Waals surface area contributed by atoms with Gasteiger partial charge in [0, 0.05) is 0 Å². The highest BCUT2D eigenvalue weighted by Crippen LogP contribution is 2.18. The first-order valence-electron chi connectivity index (χ1n) is 4.81. The molecule has 0 aromatic heterocycles.